The van der Waals surface area contributed by atoms with Gasteiger partial charge in [0.05, 0.1) is 12.1 Å². The third-order valence-electron chi connectivity index (χ3n) is 6.05. The summed E-state index contributed by atoms with van der Waals surface area (Å²) in [7, 11) is 2.03. The molecule has 0 aromatic heterocycles. The number of likely N-dealkylation sites (N-methyl/N-ethyl adjacent to an activating group) is 1. The molecule has 0 radical (unpaired) electrons. The standard InChI is InChI=1S/C23H36ClN5O/c1-5-11-29(17(3)13-25)23(30)22(26)16-27(4)19-10-12-28(14-19)15-20-18(6-2)8-7-9-21(20)24/h7-9,17,19,22H,5-6,10-12,14-16,26H2,1-4H3. The molecule has 3 unspecified atom stereocenters. The zero-order valence-electron chi connectivity index (χ0n) is 18.8. The van der Waals surface area contributed by atoms with Crippen molar-refractivity contribution in [2.45, 2.75) is 64.7 Å². The molecule has 0 spiro atoms. The molecule has 0 aliphatic carbocycles. The summed E-state index contributed by atoms with van der Waals surface area (Å²) in [6.07, 6.45) is 2.82. The van der Waals surface area contributed by atoms with E-state index in [1.165, 1.54) is 11.1 Å². The average Bonchev–Trinajstić information content (AvgIpc) is 3.21. The first-order chi connectivity index (χ1) is 14.3. The van der Waals surface area contributed by atoms with Gasteiger partial charge < -0.3 is 15.5 Å². The molecule has 1 amide bonds. The van der Waals surface area contributed by atoms with Crippen molar-refractivity contribution in [3.63, 3.8) is 0 Å². The van der Waals surface area contributed by atoms with E-state index in [9.17, 15) is 10.1 Å². The van der Waals surface area contributed by atoms with Crippen molar-refractivity contribution in [1.29, 1.82) is 5.26 Å². The number of halogens is 1. The summed E-state index contributed by atoms with van der Waals surface area (Å²) in [6.45, 7) is 9.72. The Balaban J connectivity index is 1.94. The predicted molar refractivity (Wildman–Crippen MR) is 122 cm³/mol. The molecule has 2 N–H and O–H groups in total. The van der Waals surface area contributed by atoms with Gasteiger partial charge in [0, 0.05) is 43.8 Å². The van der Waals surface area contributed by atoms with Crippen molar-refractivity contribution in [3.05, 3.63) is 34.3 Å². The van der Waals surface area contributed by atoms with Crippen LogP contribution in [0.1, 0.15) is 44.7 Å². The van der Waals surface area contributed by atoms with Gasteiger partial charge in [-0.2, -0.15) is 5.26 Å². The summed E-state index contributed by atoms with van der Waals surface area (Å²) in [5, 5.41) is 10.0. The van der Waals surface area contributed by atoms with Crippen molar-refractivity contribution >= 4 is 17.5 Å². The SMILES string of the molecule is CCCN(C(=O)C(N)CN(C)C1CCN(Cc2c(Cl)cccc2CC)C1)C(C)C#N. The number of nitrogens with two attached hydrogens (primary N) is 1. The van der Waals surface area contributed by atoms with Crippen LogP contribution < -0.4 is 5.73 Å². The van der Waals surface area contributed by atoms with Crippen molar-refractivity contribution in [3.8, 4) is 6.07 Å². The van der Waals surface area contributed by atoms with Gasteiger partial charge in [0.1, 0.15) is 6.04 Å². The highest BCUT2D eigenvalue weighted by Gasteiger charge is 2.30. The van der Waals surface area contributed by atoms with E-state index >= 15 is 0 Å². The first kappa shape index (κ1) is 24.6. The maximum atomic E-state index is 12.8. The number of nitrogens with zero attached hydrogens (tertiary/aromatic N) is 4. The second-order valence-electron chi connectivity index (χ2n) is 8.29. The molecule has 0 saturated carbocycles. The summed E-state index contributed by atoms with van der Waals surface area (Å²) < 4.78 is 0. The minimum absolute atomic E-state index is 0.142. The van der Waals surface area contributed by atoms with E-state index in [0.29, 0.717) is 19.1 Å². The van der Waals surface area contributed by atoms with Crippen LogP contribution in [0.3, 0.4) is 0 Å². The molecular weight excluding hydrogens is 398 g/mol. The van der Waals surface area contributed by atoms with E-state index in [2.05, 4.69) is 28.9 Å². The number of carbonyl (C=O) groups is 1. The van der Waals surface area contributed by atoms with Crippen molar-refractivity contribution < 1.29 is 4.79 Å². The minimum atomic E-state index is -0.623. The summed E-state index contributed by atoms with van der Waals surface area (Å²) in [6, 6.07) is 7.55. The third-order valence-corrected chi connectivity index (χ3v) is 6.41. The molecule has 1 saturated heterocycles. The molecule has 3 atom stereocenters. The highest BCUT2D eigenvalue weighted by molar-refractivity contribution is 6.31. The zero-order chi connectivity index (χ0) is 22.3. The number of hydrogen-bond acceptors (Lipinski definition) is 5. The average molecular weight is 434 g/mol. The Morgan fingerprint density at radius 1 is 1.43 bits per heavy atom. The van der Waals surface area contributed by atoms with Gasteiger partial charge in [-0.3, -0.25) is 9.69 Å². The molecule has 2 rings (SSSR count). The molecule has 1 aliphatic heterocycles. The van der Waals surface area contributed by atoms with Gasteiger partial charge in [-0.15, -0.1) is 0 Å². The highest BCUT2D eigenvalue weighted by atomic mass is 35.5. The Bertz CT molecular complexity index is 750. The highest BCUT2D eigenvalue weighted by Crippen LogP contribution is 2.25. The lowest BCUT2D eigenvalue weighted by Crippen LogP contribution is -2.53. The minimum Gasteiger partial charge on any atom is -0.326 e. The van der Waals surface area contributed by atoms with Crippen molar-refractivity contribution in [1.82, 2.24) is 14.7 Å². The number of likely N-dealkylation sites (tertiary alicyclic amines) is 1. The second kappa shape index (κ2) is 11.7. The van der Waals surface area contributed by atoms with Gasteiger partial charge >= 0.3 is 0 Å². The summed E-state index contributed by atoms with van der Waals surface area (Å²) in [5.41, 5.74) is 8.77. The number of aryl methyl sites for hydroxylation is 1. The molecule has 30 heavy (non-hydrogen) atoms. The lowest BCUT2D eigenvalue weighted by atomic mass is 10.0. The third kappa shape index (κ3) is 6.18. The monoisotopic (exact) mass is 433 g/mol. The van der Waals surface area contributed by atoms with Crippen LogP contribution in [-0.2, 0) is 17.8 Å². The van der Waals surface area contributed by atoms with Gasteiger partial charge in [0.25, 0.3) is 0 Å². The fourth-order valence-corrected chi connectivity index (χ4v) is 4.46. The van der Waals surface area contributed by atoms with E-state index in [0.717, 1.165) is 43.9 Å². The molecule has 1 aromatic carbocycles. The Hall–Kier alpha value is -1.65. The lowest BCUT2D eigenvalue weighted by molar-refractivity contribution is -0.134. The maximum absolute atomic E-state index is 12.8. The molecule has 1 fully saturated rings. The topological polar surface area (TPSA) is 76.6 Å². The molecular formula is C23H36ClN5O. The van der Waals surface area contributed by atoms with Crippen LogP contribution in [-0.4, -0.2) is 72.0 Å². The lowest BCUT2D eigenvalue weighted by Gasteiger charge is -2.31. The predicted octanol–water partition coefficient (Wildman–Crippen LogP) is 2.89. The van der Waals surface area contributed by atoms with Crippen molar-refractivity contribution in [2.24, 2.45) is 5.73 Å². The van der Waals surface area contributed by atoms with Gasteiger partial charge in [-0.05, 0) is 50.4 Å². The van der Waals surface area contributed by atoms with Crippen LogP contribution in [0.4, 0.5) is 0 Å². The molecule has 7 heteroatoms. The van der Waals surface area contributed by atoms with E-state index in [-0.39, 0.29) is 5.91 Å². The fourth-order valence-electron chi connectivity index (χ4n) is 4.21. The van der Waals surface area contributed by atoms with Crippen LogP contribution in [0.15, 0.2) is 18.2 Å². The molecule has 1 aromatic rings. The number of hydrogen-bond donors (Lipinski definition) is 1. The smallest absolute Gasteiger partial charge is 0.241 e. The van der Waals surface area contributed by atoms with Crippen LogP contribution in [0, 0.1) is 11.3 Å². The largest absolute Gasteiger partial charge is 0.326 e. The van der Waals surface area contributed by atoms with Gasteiger partial charge in [0.15, 0.2) is 0 Å². The van der Waals surface area contributed by atoms with E-state index in [1.807, 2.05) is 26.1 Å². The summed E-state index contributed by atoms with van der Waals surface area (Å²) in [5.74, 6) is -0.142. The number of rotatable bonds is 10. The number of carbonyl (C=O) groups excluding carboxylic acids is 1. The Morgan fingerprint density at radius 2 is 2.17 bits per heavy atom. The van der Waals surface area contributed by atoms with Crippen LogP contribution in [0.25, 0.3) is 0 Å². The number of amides is 1. The maximum Gasteiger partial charge on any atom is 0.241 e. The number of benzene rings is 1. The van der Waals surface area contributed by atoms with Gasteiger partial charge in [0.2, 0.25) is 5.91 Å². The van der Waals surface area contributed by atoms with Crippen LogP contribution in [0.5, 0.6) is 0 Å². The van der Waals surface area contributed by atoms with E-state index < -0.39 is 12.1 Å². The first-order valence-electron chi connectivity index (χ1n) is 11.0. The molecule has 166 valence electrons. The first-order valence-corrected chi connectivity index (χ1v) is 11.3. The Morgan fingerprint density at radius 3 is 2.80 bits per heavy atom. The molecule has 1 aliphatic rings. The van der Waals surface area contributed by atoms with Crippen molar-refractivity contribution in [2.75, 3.05) is 33.2 Å². The van der Waals surface area contributed by atoms with Gasteiger partial charge in [-0.1, -0.05) is 37.6 Å². The normalized spacial score (nSPS) is 18.9. The fraction of sp³-hybridized carbons (Fsp3) is 0.652. The second-order valence-corrected chi connectivity index (χ2v) is 8.70. The summed E-state index contributed by atoms with van der Waals surface area (Å²) in [4.78, 5) is 19.0. The Kier molecular flexibility index (Phi) is 9.57. The Labute approximate surface area is 186 Å². The van der Waals surface area contributed by atoms with Gasteiger partial charge in [-0.25, -0.2) is 0 Å². The molecule has 0 bridgehead atoms. The quantitative estimate of drug-likeness (QED) is 0.613. The molecule has 1 heterocycles. The van der Waals surface area contributed by atoms with Crippen LogP contribution in [0.2, 0.25) is 5.02 Å². The van der Waals surface area contributed by atoms with Crippen LogP contribution >= 0.6 is 11.6 Å². The zero-order valence-corrected chi connectivity index (χ0v) is 19.5. The summed E-state index contributed by atoms with van der Waals surface area (Å²) >= 11 is 6.46. The van der Waals surface area contributed by atoms with E-state index in [4.69, 9.17) is 17.3 Å². The number of nitriles is 1. The van der Waals surface area contributed by atoms with E-state index in [1.54, 1.807) is 11.8 Å². The molecule has 6 nitrogen and oxygen atoms in total.